The maximum Gasteiger partial charge on any atom is 0.142 e. The van der Waals surface area contributed by atoms with E-state index in [4.69, 9.17) is 10.5 Å². The first kappa shape index (κ1) is 13.6. The summed E-state index contributed by atoms with van der Waals surface area (Å²) in [6, 6.07) is 10.2. The molecule has 1 aromatic heterocycles. The SMILES string of the molecule is CCCc1cccc(C(N)c2ccncc2OC)c1. The third kappa shape index (κ3) is 3.12. The van der Waals surface area contributed by atoms with Crippen molar-refractivity contribution in [3.05, 3.63) is 59.4 Å². The van der Waals surface area contributed by atoms with Gasteiger partial charge in [-0.1, -0.05) is 37.6 Å². The number of hydrogen-bond donors (Lipinski definition) is 1. The van der Waals surface area contributed by atoms with Gasteiger partial charge in [0.2, 0.25) is 0 Å². The van der Waals surface area contributed by atoms with Crippen molar-refractivity contribution in [1.29, 1.82) is 0 Å². The zero-order valence-electron chi connectivity index (χ0n) is 11.5. The summed E-state index contributed by atoms with van der Waals surface area (Å²) in [6.07, 6.45) is 5.66. The fraction of sp³-hybridized carbons (Fsp3) is 0.312. The molecule has 0 amide bonds. The third-order valence-electron chi connectivity index (χ3n) is 3.22. The molecule has 1 heterocycles. The lowest BCUT2D eigenvalue weighted by molar-refractivity contribution is 0.406. The van der Waals surface area contributed by atoms with Crippen molar-refractivity contribution in [2.24, 2.45) is 5.73 Å². The molecule has 100 valence electrons. The molecule has 2 aromatic rings. The maximum atomic E-state index is 6.35. The molecule has 0 aliphatic carbocycles. The molecule has 1 atom stereocenters. The molecule has 0 aliphatic heterocycles. The first-order valence-electron chi connectivity index (χ1n) is 6.58. The molecule has 0 bridgehead atoms. The summed E-state index contributed by atoms with van der Waals surface area (Å²) in [5.74, 6) is 0.732. The molecular formula is C16H20N2O. The second-order valence-corrected chi connectivity index (χ2v) is 4.59. The minimum Gasteiger partial charge on any atom is -0.495 e. The summed E-state index contributed by atoms with van der Waals surface area (Å²) in [5.41, 5.74) is 9.74. The van der Waals surface area contributed by atoms with Gasteiger partial charge >= 0.3 is 0 Å². The molecular weight excluding hydrogens is 236 g/mol. The average Bonchev–Trinajstić information content (AvgIpc) is 2.47. The molecule has 3 nitrogen and oxygen atoms in total. The number of benzene rings is 1. The van der Waals surface area contributed by atoms with E-state index < -0.39 is 0 Å². The Morgan fingerprint density at radius 2 is 2.16 bits per heavy atom. The molecule has 0 saturated carbocycles. The Bertz CT molecular complexity index is 540. The summed E-state index contributed by atoms with van der Waals surface area (Å²) in [6.45, 7) is 2.18. The van der Waals surface area contributed by atoms with Crippen LogP contribution >= 0.6 is 0 Å². The zero-order valence-corrected chi connectivity index (χ0v) is 11.5. The third-order valence-corrected chi connectivity index (χ3v) is 3.22. The predicted molar refractivity (Wildman–Crippen MR) is 77.3 cm³/mol. The van der Waals surface area contributed by atoms with Crippen LogP contribution in [0.1, 0.15) is 36.1 Å². The lowest BCUT2D eigenvalue weighted by Gasteiger charge is -2.16. The number of ether oxygens (including phenoxy) is 1. The van der Waals surface area contributed by atoms with Crippen LogP contribution in [-0.2, 0) is 6.42 Å². The Kier molecular flexibility index (Phi) is 4.53. The smallest absolute Gasteiger partial charge is 0.142 e. The largest absolute Gasteiger partial charge is 0.495 e. The summed E-state index contributed by atoms with van der Waals surface area (Å²) >= 11 is 0. The summed E-state index contributed by atoms with van der Waals surface area (Å²) in [7, 11) is 1.64. The highest BCUT2D eigenvalue weighted by molar-refractivity contribution is 5.40. The monoisotopic (exact) mass is 256 g/mol. The lowest BCUT2D eigenvalue weighted by Crippen LogP contribution is -2.13. The second-order valence-electron chi connectivity index (χ2n) is 4.59. The number of hydrogen-bond acceptors (Lipinski definition) is 3. The maximum absolute atomic E-state index is 6.35. The van der Waals surface area contributed by atoms with Gasteiger partial charge < -0.3 is 10.5 Å². The molecule has 2 rings (SSSR count). The van der Waals surface area contributed by atoms with Gasteiger partial charge in [-0.2, -0.15) is 0 Å². The second kappa shape index (κ2) is 6.34. The molecule has 0 aliphatic rings. The van der Waals surface area contributed by atoms with Crippen LogP contribution < -0.4 is 10.5 Å². The fourth-order valence-electron chi connectivity index (χ4n) is 2.23. The molecule has 1 unspecified atom stereocenters. The normalized spacial score (nSPS) is 12.2. The van der Waals surface area contributed by atoms with E-state index in [0.717, 1.165) is 29.7 Å². The van der Waals surface area contributed by atoms with Crippen molar-refractivity contribution < 1.29 is 4.74 Å². The number of nitrogens with two attached hydrogens (primary N) is 1. The number of pyridine rings is 1. The van der Waals surface area contributed by atoms with Crippen molar-refractivity contribution in [3.63, 3.8) is 0 Å². The number of rotatable bonds is 5. The van der Waals surface area contributed by atoms with Crippen LogP contribution in [0.5, 0.6) is 5.75 Å². The molecule has 0 radical (unpaired) electrons. The van der Waals surface area contributed by atoms with Gasteiger partial charge in [-0.25, -0.2) is 0 Å². The van der Waals surface area contributed by atoms with E-state index in [2.05, 4.69) is 36.2 Å². The Hall–Kier alpha value is -1.87. The quantitative estimate of drug-likeness (QED) is 0.894. The van der Waals surface area contributed by atoms with Crippen molar-refractivity contribution in [2.75, 3.05) is 7.11 Å². The minimum atomic E-state index is -0.185. The molecule has 1 aromatic carbocycles. The summed E-state index contributed by atoms with van der Waals surface area (Å²) in [4.78, 5) is 4.06. The Labute approximate surface area is 114 Å². The Morgan fingerprint density at radius 3 is 2.89 bits per heavy atom. The van der Waals surface area contributed by atoms with Crippen LogP contribution in [0.25, 0.3) is 0 Å². The first-order valence-corrected chi connectivity index (χ1v) is 6.58. The molecule has 2 N–H and O–H groups in total. The molecule has 0 saturated heterocycles. The van der Waals surface area contributed by atoms with Gasteiger partial charge in [0.1, 0.15) is 5.75 Å². The van der Waals surface area contributed by atoms with Crippen molar-refractivity contribution >= 4 is 0 Å². The zero-order chi connectivity index (χ0) is 13.7. The average molecular weight is 256 g/mol. The summed E-state index contributed by atoms with van der Waals surface area (Å²) in [5, 5.41) is 0. The Morgan fingerprint density at radius 1 is 1.32 bits per heavy atom. The fourth-order valence-corrected chi connectivity index (χ4v) is 2.23. The van der Waals surface area contributed by atoms with Crippen molar-refractivity contribution in [2.45, 2.75) is 25.8 Å². The van der Waals surface area contributed by atoms with Gasteiger partial charge in [-0.3, -0.25) is 4.98 Å². The van der Waals surface area contributed by atoms with E-state index in [9.17, 15) is 0 Å². The molecule has 19 heavy (non-hydrogen) atoms. The van der Waals surface area contributed by atoms with Gasteiger partial charge in [-0.15, -0.1) is 0 Å². The Balaban J connectivity index is 2.32. The van der Waals surface area contributed by atoms with E-state index in [1.165, 1.54) is 5.56 Å². The highest BCUT2D eigenvalue weighted by Crippen LogP contribution is 2.27. The van der Waals surface area contributed by atoms with Gasteiger partial charge in [0.05, 0.1) is 19.3 Å². The van der Waals surface area contributed by atoms with E-state index in [1.807, 2.05) is 6.07 Å². The van der Waals surface area contributed by atoms with Crippen LogP contribution in [0.15, 0.2) is 42.7 Å². The molecule has 3 heteroatoms. The standard InChI is InChI=1S/C16H20N2O/c1-3-5-12-6-4-7-13(10-12)16(17)14-8-9-18-11-15(14)19-2/h4,6-11,16H,3,5,17H2,1-2H3. The van der Waals surface area contributed by atoms with E-state index >= 15 is 0 Å². The lowest BCUT2D eigenvalue weighted by atomic mass is 9.97. The van der Waals surface area contributed by atoms with Crippen LogP contribution in [0.4, 0.5) is 0 Å². The van der Waals surface area contributed by atoms with Crippen molar-refractivity contribution in [3.8, 4) is 5.75 Å². The number of nitrogens with zero attached hydrogens (tertiary/aromatic N) is 1. The van der Waals surface area contributed by atoms with Crippen LogP contribution in [0.2, 0.25) is 0 Å². The van der Waals surface area contributed by atoms with Gasteiger partial charge in [0, 0.05) is 11.8 Å². The predicted octanol–water partition coefficient (Wildman–Crippen LogP) is 3.09. The molecule has 0 fully saturated rings. The number of aromatic nitrogens is 1. The summed E-state index contributed by atoms with van der Waals surface area (Å²) < 4.78 is 5.32. The highest BCUT2D eigenvalue weighted by atomic mass is 16.5. The number of aryl methyl sites for hydroxylation is 1. The van der Waals surface area contributed by atoms with Crippen LogP contribution in [0.3, 0.4) is 0 Å². The van der Waals surface area contributed by atoms with Gasteiger partial charge in [0.15, 0.2) is 0 Å². The highest BCUT2D eigenvalue weighted by Gasteiger charge is 2.14. The minimum absolute atomic E-state index is 0.185. The topological polar surface area (TPSA) is 48.1 Å². The van der Waals surface area contributed by atoms with Crippen molar-refractivity contribution in [1.82, 2.24) is 4.98 Å². The first-order chi connectivity index (χ1) is 9.26. The van der Waals surface area contributed by atoms with Gasteiger partial charge in [0.25, 0.3) is 0 Å². The van der Waals surface area contributed by atoms with Gasteiger partial charge in [-0.05, 0) is 23.6 Å². The van der Waals surface area contributed by atoms with E-state index in [1.54, 1.807) is 19.5 Å². The van der Waals surface area contributed by atoms with Crippen LogP contribution in [-0.4, -0.2) is 12.1 Å². The van der Waals surface area contributed by atoms with Crippen LogP contribution in [0, 0.1) is 0 Å². The number of methoxy groups -OCH3 is 1. The molecule has 0 spiro atoms. The van der Waals surface area contributed by atoms with E-state index in [-0.39, 0.29) is 6.04 Å². The van der Waals surface area contributed by atoms with E-state index in [0.29, 0.717) is 0 Å².